The topological polar surface area (TPSA) is 3.88 Å². The molecule has 0 spiro atoms. The fraction of sp³-hybridized carbons (Fsp3) is 0.222. The normalized spacial score (nSPS) is 11.4. The molecule has 4 aromatic rings. The third-order valence-corrected chi connectivity index (χ3v) is 5.50. The lowest BCUT2D eigenvalue weighted by atomic mass is 9.93. The molecule has 0 unspecified atom stereocenters. The first-order chi connectivity index (χ1) is 13.9. The van der Waals surface area contributed by atoms with Crippen molar-refractivity contribution in [1.82, 2.24) is 0 Å². The van der Waals surface area contributed by atoms with Gasteiger partial charge in [-0.05, 0) is 59.5 Å². The molecule has 0 N–H and O–H groups in total. The fourth-order valence-electron chi connectivity index (χ4n) is 4.12. The van der Waals surface area contributed by atoms with E-state index >= 15 is 0 Å². The summed E-state index contributed by atoms with van der Waals surface area (Å²) in [6.07, 6.45) is 3.17. The Kier molecular flexibility index (Phi) is 5.19. The summed E-state index contributed by atoms with van der Waals surface area (Å²) in [5.41, 5.74) is 6.01. The highest BCUT2D eigenvalue weighted by Gasteiger charge is 2.20. The van der Waals surface area contributed by atoms with E-state index in [9.17, 15) is 4.39 Å². The van der Waals surface area contributed by atoms with Crippen LogP contribution < -0.4 is 4.57 Å². The molecule has 0 saturated carbocycles. The van der Waals surface area contributed by atoms with Crippen LogP contribution in [0, 0.1) is 18.7 Å². The van der Waals surface area contributed by atoms with Crippen LogP contribution in [0.15, 0.2) is 72.9 Å². The smallest absolute Gasteiger partial charge is 0.206 e. The van der Waals surface area contributed by atoms with Gasteiger partial charge in [0, 0.05) is 11.6 Å². The molecule has 0 bridgehead atoms. The van der Waals surface area contributed by atoms with Gasteiger partial charge in [-0.1, -0.05) is 56.3 Å². The van der Waals surface area contributed by atoms with Gasteiger partial charge in [-0.3, -0.25) is 0 Å². The first kappa shape index (κ1) is 19.3. The maximum atomic E-state index is 14.8. The average molecular weight is 385 g/mol. The Morgan fingerprint density at radius 3 is 2.38 bits per heavy atom. The number of benzene rings is 3. The van der Waals surface area contributed by atoms with Gasteiger partial charge in [-0.2, -0.15) is 0 Å². The van der Waals surface area contributed by atoms with Crippen molar-refractivity contribution in [3.05, 3.63) is 89.9 Å². The summed E-state index contributed by atoms with van der Waals surface area (Å²) in [4.78, 5) is 0. The third kappa shape index (κ3) is 3.80. The molecule has 0 aliphatic rings. The fourth-order valence-corrected chi connectivity index (χ4v) is 4.12. The van der Waals surface area contributed by atoms with Crippen molar-refractivity contribution in [3.63, 3.8) is 0 Å². The highest BCUT2D eigenvalue weighted by molar-refractivity contribution is 5.94. The Bertz CT molecular complexity index is 1180. The van der Waals surface area contributed by atoms with Crippen molar-refractivity contribution in [1.29, 1.82) is 0 Å². The molecular weight excluding hydrogens is 357 g/mol. The van der Waals surface area contributed by atoms with E-state index in [-0.39, 0.29) is 5.82 Å². The van der Waals surface area contributed by atoms with Crippen LogP contribution in [0.4, 0.5) is 4.39 Å². The molecule has 0 aliphatic heterocycles. The van der Waals surface area contributed by atoms with Crippen LogP contribution >= 0.6 is 0 Å². The summed E-state index contributed by atoms with van der Waals surface area (Å²) in [5.74, 6) is 0.444. The van der Waals surface area contributed by atoms with Crippen molar-refractivity contribution in [2.24, 2.45) is 13.0 Å². The summed E-state index contributed by atoms with van der Waals surface area (Å²) in [6, 6.07) is 22.3. The molecule has 0 atom stereocenters. The number of aromatic nitrogens is 1. The van der Waals surface area contributed by atoms with Gasteiger partial charge in [-0.25, -0.2) is 8.96 Å². The van der Waals surface area contributed by atoms with Crippen molar-refractivity contribution >= 4 is 10.8 Å². The van der Waals surface area contributed by atoms with Crippen molar-refractivity contribution in [2.45, 2.75) is 27.2 Å². The molecular formula is C27H27FN+. The first-order valence-corrected chi connectivity index (χ1v) is 10.2. The second-order valence-electron chi connectivity index (χ2n) is 8.31. The SMILES string of the molecule is Cc1cc(F)c(-c2ccccc2)cc1-c1c2ccc(CC(C)C)cc2cc[n+]1C. The van der Waals surface area contributed by atoms with Gasteiger partial charge >= 0.3 is 0 Å². The van der Waals surface area contributed by atoms with Gasteiger partial charge < -0.3 is 0 Å². The molecule has 1 nitrogen and oxygen atoms in total. The third-order valence-electron chi connectivity index (χ3n) is 5.50. The summed E-state index contributed by atoms with van der Waals surface area (Å²) in [7, 11) is 2.06. The van der Waals surface area contributed by atoms with Gasteiger partial charge in [-0.15, -0.1) is 0 Å². The Balaban J connectivity index is 1.93. The molecule has 2 heteroatoms. The number of hydrogen-bond donors (Lipinski definition) is 0. The van der Waals surface area contributed by atoms with Crippen LogP contribution in [0.1, 0.15) is 25.0 Å². The second-order valence-corrected chi connectivity index (χ2v) is 8.31. The van der Waals surface area contributed by atoms with Crippen molar-refractivity contribution in [3.8, 4) is 22.4 Å². The average Bonchev–Trinajstić information content (AvgIpc) is 2.69. The van der Waals surface area contributed by atoms with E-state index in [0.29, 0.717) is 11.5 Å². The largest absolute Gasteiger partial charge is 0.220 e. The quantitative estimate of drug-likeness (QED) is 0.347. The highest BCUT2D eigenvalue weighted by Crippen LogP contribution is 2.34. The lowest BCUT2D eigenvalue weighted by Gasteiger charge is -2.12. The molecule has 1 heterocycles. The second kappa shape index (κ2) is 7.79. The van der Waals surface area contributed by atoms with Gasteiger partial charge in [0.1, 0.15) is 12.9 Å². The van der Waals surface area contributed by atoms with Crippen molar-refractivity contribution in [2.75, 3.05) is 0 Å². The van der Waals surface area contributed by atoms with Crippen LogP contribution in [0.25, 0.3) is 33.2 Å². The van der Waals surface area contributed by atoms with Gasteiger partial charge in [0.05, 0.1) is 10.9 Å². The van der Waals surface area contributed by atoms with Gasteiger partial charge in [0.25, 0.3) is 0 Å². The number of fused-ring (bicyclic) bond motifs is 1. The van der Waals surface area contributed by atoms with Crippen LogP contribution in [-0.2, 0) is 13.5 Å². The monoisotopic (exact) mass is 384 g/mol. The number of hydrogen-bond acceptors (Lipinski definition) is 0. The molecule has 0 aliphatic carbocycles. The van der Waals surface area contributed by atoms with E-state index in [1.54, 1.807) is 6.07 Å². The number of rotatable bonds is 4. The van der Waals surface area contributed by atoms with E-state index in [4.69, 9.17) is 0 Å². The predicted octanol–water partition coefficient (Wildman–Crippen LogP) is 6.64. The molecule has 1 aromatic heterocycles. The number of halogens is 1. The maximum Gasteiger partial charge on any atom is 0.220 e. The van der Waals surface area contributed by atoms with Crippen LogP contribution in [-0.4, -0.2) is 0 Å². The molecule has 4 rings (SSSR count). The lowest BCUT2D eigenvalue weighted by Crippen LogP contribution is -2.30. The van der Waals surface area contributed by atoms with E-state index in [1.807, 2.05) is 43.3 Å². The summed E-state index contributed by atoms with van der Waals surface area (Å²) >= 11 is 0. The number of aryl methyl sites for hydroxylation is 2. The number of pyridine rings is 1. The Morgan fingerprint density at radius 2 is 1.66 bits per heavy atom. The molecule has 146 valence electrons. The molecule has 0 fully saturated rings. The van der Waals surface area contributed by atoms with E-state index in [1.165, 1.54) is 16.3 Å². The van der Waals surface area contributed by atoms with Crippen LogP contribution in [0.3, 0.4) is 0 Å². The minimum Gasteiger partial charge on any atom is -0.206 e. The zero-order valence-corrected chi connectivity index (χ0v) is 17.5. The zero-order valence-electron chi connectivity index (χ0n) is 17.5. The first-order valence-electron chi connectivity index (χ1n) is 10.2. The highest BCUT2D eigenvalue weighted by atomic mass is 19.1. The zero-order chi connectivity index (χ0) is 20.5. The minimum atomic E-state index is -0.181. The Morgan fingerprint density at radius 1 is 0.897 bits per heavy atom. The summed E-state index contributed by atoms with van der Waals surface area (Å²) in [5, 5.41) is 2.41. The van der Waals surface area contributed by atoms with Gasteiger partial charge in [0.15, 0.2) is 6.20 Å². The molecule has 0 amide bonds. The number of nitrogens with zero attached hydrogens (tertiary/aromatic N) is 1. The maximum absolute atomic E-state index is 14.8. The molecule has 3 aromatic carbocycles. The minimum absolute atomic E-state index is 0.181. The standard InChI is InChI=1S/C27H27FN/c1-18(2)14-20-10-11-23-22(16-20)12-13-29(4)27(23)24-17-25(26(28)15-19(24)3)21-8-6-5-7-9-21/h5-13,15-18H,14H2,1-4H3/q+1. The molecule has 0 radical (unpaired) electrons. The predicted molar refractivity (Wildman–Crippen MR) is 119 cm³/mol. The lowest BCUT2D eigenvalue weighted by molar-refractivity contribution is -0.659. The molecule has 0 saturated heterocycles. The van der Waals surface area contributed by atoms with E-state index in [0.717, 1.165) is 28.8 Å². The summed E-state index contributed by atoms with van der Waals surface area (Å²) in [6.45, 7) is 6.47. The van der Waals surface area contributed by atoms with E-state index < -0.39 is 0 Å². The van der Waals surface area contributed by atoms with Crippen LogP contribution in [0.5, 0.6) is 0 Å². The molecule has 29 heavy (non-hydrogen) atoms. The van der Waals surface area contributed by atoms with Crippen molar-refractivity contribution < 1.29 is 8.96 Å². The Labute approximate surface area is 172 Å². The summed E-state index contributed by atoms with van der Waals surface area (Å²) < 4.78 is 17.0. The van der Waals surface area contributed by atoms with Crippen LogP contribution in [0.2, 0.25) is 0 Å². The van der Waals surface area contributed by atoms with Gasteiger partial charge in [0.2, 0.25) is 5.69 Å². The Hall–Kier alpha value is -3.00. The van der Waals surface area contributed by atoms with E-state index in [2.05, 4.69) is 55.9 Å².